The number of hydrazine groups is 1. The van der Waals surface area contributed by atoms with Crippen molar-refractivity contribution in [3.8, 4) is 0 Å². The van der Waals surface area contributed by atoms with E-state index in [0.717, 1.165) is 16.5 Å². The number of aromatic nitrogens is 1. The fraction of sp³-hybridized carbons (Fsp3) is 0.400. The normalized spacial score (nSPS) is 22.4. The predicted molar refractivity (Wildman–Crippen MR) is 83.3 cm³/mol. The van der Waals surface area contributed by atoms with Crippen molar-refractivity contribution < 1.29 is 8.42 Å². The first-order valence-electron chi connectivity index (χ1n) is 7.08. The van der Waals surface area contributed by atoms with Crippen LogP contribution in [0.25, 0.3) is 10.9 Å². The Morgan fingerprint density at radius 1 is 1.33 bits per heavy atom. The summed E-state index contributed by atoms with van der Waals surface area (Å²) in [6.45, 7) is 0. The Hall–Kier alpha value is -1.50. The minimum Gasteiger partial charge on any atom is -0.271 e. The molecule has 1 aromatic heterocycles. The zero-order valence-corrected chi connectivity index (χ0v) is 12.5. The first-order chi connectivity index (χ1) is 10.1. The molecule has 0 saturated carbocycles. The standard InChI is InChI=1S/C15H19N3O2S/c16-18-15(12-6-8-21(19,20)10-12)9-11-5-7-17-14-4-2-1-3-13(11)14/h1-5,7,12,15,18H,6,8-10,16H2. The lowest BCUT2D eigenvalue weighted by atomic mass is 9.92. The molecule has 1 aliphatic heterocycles. The number of fused-ring (bicyclic) bond motifs is 1. The third-order valence-electron chi connectivity index (χ3n) is 4.23. The topological polar surface area (TPSA) is 85.1 Å². The molecule has 2 unspecified atom stereocenters. The van der Waals surface area contributed by atoms with Gasteiger partial charge in [0, 0.05) is 17.6 Å². The molecule has 3 N–H and O–H groups in total. The molecule has 0 radical (unpaired) electrons. The van der Waals surface area contributed by atoms with Gasteiger partial charge in [0.2, 0.25) is 0 Å². The number of sulfone groups is 1. The monoisotopic (exact) mass is 305 g/mol. The van der Waals surface area contributed by atoms with Crippen LogP contribution in [0.2, 0.25) is 0 Å². The summed E-state index contributed by atoms with van der Waals surface area (Å²) in [5.41, 5.74) is 4.91. The van der Waals surface area contributed by atoms with E-state index in [2.05, 4.69) is 10.4 Å². The van der Waals surface area contributed by atoms with E-state index in [1.807, 2.05) is 30.3 Å². The van der Waals surface area contributed by atoms with Crippen LogP contribution < -0.4 is 11.3 Å². The lowest BCUT2D eigenvalue weighted by Gasteiger charge is -2.22. The molecule has 1 aliphatic rings. The second kappa shape index (κ2) is 5.71. The first-order valence-corrected chi connectivity index (χ1v) is 8.90. The number of hydrogen-bond acceptors (Lipinski definition) is 5. The van der Waals surface area contributed by atoms with Crippen LogP contribution in [0, 0.1) is 5.92 Å². The zero-order valence-electron chi connectivity index (χ0n) is 11.7. The molecule has 5 nitrogen and oxygen atoms in total. The van der Waals surface area contributed by atoms with E-state index in [-0.39, 0.29) is 23.5 Å². The summed E-state index contributed by atoms with van der Waals surface area (Å²) in [7, 11) is -2.89. The Morgan fingerprint density at radius 3 is 2.86 bits per heavy atom. The molecule has 2 atom stereocenters. The highest BCUT2D eigenvalue weighted by atomic mass is 32.2. The van der Waals surface area contributed by atoms with Crippen molar-refractivity contribution in [3.05, 3.63) is 42.1 Å². The number of nitrogens with one attached hydrogen (secondary N) is 1. The lowest BCUT2D eigenvalue weighted by molar-refractivity contribution is 0.386. The molecule has 2 aromatic rings. The maximum Gasteiger partial charge on any atom is 0.150 e. The molecular weight excluding hydrogens is 286 g/mol. The molecule has 112 valence electrons. The molecule has 6 heteroatoms. The number of para-hydroxylation sites is 1. The quantitative estimate of drug-likeness (QED) is 0.651. The summed E-state index contributed by atoms with van der Waals surface area (Å²) >= 11 is 0. The SMILES string of the molecule is NNC(Cc1ccnc2ccccc12)C1CCS(=O)(=O)C1. The van der Waals surface area contributed by atoms with E-state index >= 15 is 0 Å². The second-order valence-corrected chi connectivity index (χ2v) is 7.86. The number of nitrogens with zero attached hydrogens (tertiary/aromatic N) is 1. The van der Waals surface area contributed by atoms with Gasteiger partial charge < -0.3 is 0 Å². The summed E-state index contributed by atoms with van der Waals surface area (Å²) in [6, 6.07) is 9.91. The van der Waals surface area contributed by atoms with E-state index in [0.29, 0.717) is 12.8 Å². The lowest BCUT2D eigenvalue weighted by Crippen LogP contribution is -2.43. The number of rotatable bonds is 4. The molecule has 2 heterocycles. The molecule has 1 fully saturated rings. The second-order valence-electron chi connectivity index (χ2n) is 5.63. The Balaban J connectivity index is 1.86. The fourth-order valence-corrected chi connectivity index (χ4v) is 4.95. The van der Waals surface area contributed by atoms with Crippen molar-refractivity contribution in [1.29, 1.82) is 0 Å². The molecule has 1 saturated heterocycles. The van der Waals surface area contributed by atoms with Crippen LogP contribution in [-0.4, -0.2) is 30.9 Å². The van der Waals surface area contributed by atoms with E-state index in [9.17, 15) is 8.42 Å². The summed E-state index contributed by atoms with van der Waals surface area (Å²) in [6.07, 6.45) is 3.18. The van der Waals surface area contributed by atoms with E-state index in [1.54, 1.807) is 6.20 Å². The van der Waals surface area contributed by atoms with E-state index in [1.165, 1.54) is 0 Å². The van der Waals surface area contributed by atoms with Gasteiger partial charge in [-0.3, -0.25) is 16.3 Å². The van der Waals surface area contributed by atoms with Crippen LogP contribution >= 0.6 is 0 Å². The van der Waals surface area contributed by atoms with Crippen molar-refractivity contribution in [2.45, 2.75) is 18.9 Å². The maximum absolute atomic E-state index is 11.6. The van der Waals surface area contributed by atoms with E-state index < -0.39 is 9.84 Å². The molecule has 0 aliphatic carbocycles. The van der Waals surface area contributed by atoms with Crippen LogP contribution in [0.3, 0.4) is 0 Å². The number of benzene rings is 1. The van der Waals surface area contributed by atoms with Gasteiger partial charge in [-0.1, -0.05) is 18.2 Å². The van der Waals surface area contributed by atoms with Crippen molar-refractivity contribution >= 4 is 20.7 Å². The fourth-order valence-electron chi connectivity index (χ4n) is 3.07. The van der Waals surface area contributed by atoms with Gasteiger partial charge in [-0.05, 0) is 36.5 Å². The smallest absolute Gasteiger partial charge is 0.150 e. The average molecular weight is 305 g/mol. The van der Waals surface area contributed by atoms with Gasteiger partial charge in [0.1, 0.15) is 0 Å². The molecule has 0 amide bonds. The Morgan fingerprint density at radius 2 is 2.14 bits per heavy atom. The van der Waals surface area contributed by atoms with Crippen LogP contribution in [0.15, 0.2) is 36.5 Å². The molecular formula is C15H19N3O2S. The first kappa shape index (κ1) is 14.4. The summed E-state index contributed by atoms with van der Waals surface area (Å²) in [5, 5.41) is 1.10. The number of hydrogen-bond donors (Lipinski definition) is 2. The van der Waals surface area contributed by atoms with Crippen LogP contribution in [0.1, 0.15) is 12.0 Å². The molecule has 1 aromatic carbocycles. The van der Waals surface area contributed by atoms with Gasteiger partial charge in [-0.25, -0.2) is 8.42 Å². The summed E-state index contributed by atoms with van der Waals surface area (Å²) < 4.78 is 23.3. The average Bonchev–Trinajstić information content (AvgIpc) is 2.85. The highest BCUT2D eigenvalue weighted by Crippen LogP contribution is 2.25. The Bertz CT molecular complexity index is 740. The van der Waals surface area contributed by atoms with Gasteiger partial charge >= 0.3 is 0 Å². The highest BCUT2D eigenvalue weighted by Gasteiger charge is 2.33. The minimum absolute atomic E-state index is 0.0342. The molecule has 21 heavy (non-hydrogen) atoms. The third kappa shape index (κ3) is 3.07. The van der Waals surface area contributed by atoms with Crippen LogP contribution in [0.4, 0.5) is 0 Å². The van der Waals surface area contributed by atoms with E-state index in [4.69, 9.17) is 5.84 Å². The number of pyridine rings is 1. The maximum atomic E-state index is 11.6. The number of nitrogens with two attached hydrogens (primary N) is 1. The van der Waals surface area contributed by atoms with Gasteiger partial charge in [0.25, 0.3) is 0 Å². The minimum atomic E-state index is -2.89. The van der Waals surface area contributed by atoms with Crippen molar-refractivity contribution in [2.75, 3.05) is 11.5 Å². The Labute approximate surface area is 124 Å². The van der Waals surface area contributed by atoms with Crippen LogP contribution in [-0.2, 0) is 16.3 Å². The highest BCUT2D eigenvalue weighted by molar-refractivity contribution is 7.91. The molecule has 0 bridgehead atoms. The van der Waals surface area contributed by atoms with Gasteiger partial charge in [0.15, 0.2) is 9.84 Å². The largest absolute Gasteiger partial charge is 0.271 e. The van der Waals surface area contributed by atoms with Gasteiger partial charge in [-0.15, -0.1) is 0 Å². The molecule has 3 rings (SSSR count). The van der Waals surface area contributed by atoms with Crippen molar-refractivity contribution in [3.63, 3.8) is 0 Å². The third-order valence-corrected chi connectivity index (χ3v) is 6.02. The summed E-state index contributed by atoms with van der Waals surface area (Å²) in [5.74, 6) is 6.25. The zero-order chi connectivity index (χ0) is 14.9. The van der Waals surface area contributed by atoms with Gasteiger partial charge in [0.05, 0.1) is 17.0 Å². The Kier molecular flexibility index (Phi) is 3.93. The van der Waals surface area contributed by atoms with Crippen LogP contribution in [0.5, 0.6) is 0 Å². The molecule has 0 spiro atoms. The van der Waals surface area contributed by atoms with Crippen molar-refractivity contribution in [1.82, 2.24) is 10.4 Å². The predicted octanol–water partition coefficient (Wildman–Crippen LogP) is 1.04. The summed E-state index contributed by atoms with van der Waals surface area (Å²) in [4.78, 5) is 4.35. The van der Waals surface area contributed by atoms with Crippen molar-refractivity contribution in [2.24, 2.45) is 11.8 Å². The van der Waals surface area contributed by atoms with Gasteiger partial charge in [-0.2, -0.15) is 0 Å².